The van der Waals surface area contributed by atoms with Crippen molar-refractivity contribution in [3.05, 3.63) is 63.1 Å². The van der Waals surface area contributed by atoms with E-state index in [-0.39, 0.29) is 5.91 Å². The predicted octanol–water partition coefficient (Wildman–Crippen LogP) is 4.81. The van der Waals surface area contributed by atoms with Crippen LogP contribution in [0.1, 0.15) is 12.0 Å². The molecule has 0 heterocycles. The molecule has 122 valence electrons. The quantitative estimate of drug-likeness (QED) is 0.686. The van der Waals surface area contributed by atoms with E-state index in [1.807, 2.05) is 12.1 Å². The molecule has 23 heavy (non-hydrogen) atoms. The summed E-state index contributed by atoms with van der Waals surface area (Å²) in [5.41, 5.74) is 1.78. The lowest BCUT2D eigenvalue weighted by Crippen LogP contribution is -2.23. The molecule has 0 aliphatic heterocycles. The lowest BCUT2D eigenvalue weighted by Gasteiger charge is -2.08. The molecule has 0 aliphatic rings. The van der Waals surface area contributed by atoms with Crippen molar-refractivity contribution in [3.8, 4) is 0 Å². The fraction of sp³-hybridized carbons (Fsp3) is 0.235. The van der Waals surface area contributed by atoms with Crippen molar-refractivity contribution in [2.75, 3.05) is 18.4 Å². The van der Waals surface area contributed by atoms with Crippen molar-refractivity contribution in [2.45, 2.75) is 12.8 Å². The van der Waals surface area contributed by atoms with Crippen molar-refractivity contribution >= 4 is 46.4 Å². The molecule has 2 N–H and O–H groups in total. The van der Waals surface area contributed by atoms with E-state index in [4.69, 9.17) is 34.8 Å². The molecule has 0 spiro atoms. The number of halogens is 3. The van der Waals surface area contributed by atoms with Gasteiger partial charge >= 0.3 is 0 Å². The summed E-state index contributed by atoms with van der Waals surface area (Å²) in [6.45, 7) is 1.35. The van der Waals surface area contributed by atoms with Gasteiger partial charge in [0.05, 0.1) is 0 Å². The van der Waals surface area contributed by atoms with Crippen LogP contribution in [0, 0.1) is 0 Å². The first-order valence-corrected chi connectivity index (χ1v) is 8.38. The normalized spacial score (nSPS) is 10.6. The van der Waals surface area contributed by atoms with E-state index in [1.165, 1.54) is 0 Å². The highest BCUT2D eigenvalue weighted by molar-refractivity contribution is 6.35. The van der Waals surface area contributed by atoms with Gasteiger partial charge in [-0.3, -0.25) is 4.79 Å². The Labute approximate surface area is 150 Å². The first kappa shape index (κ1) is 18.1. The molecule has 0 fully saturated rings. The number of carbonyl (C=O) groups is 1. The fourth-order valence-corrected chi connectivity index (χ4v) is 2.66. The van der Waals surface area contributed by atoms with Gasteiger partial charge in [-0.05, 0) is 54.9 Å². The van der Waals surface area contributed by atoms with E-state index < -0.39 is 0 Å². The second-order valence-electron chi connectivity index (χ2n) is 5.04. The molecule has 0 aromatic heterocycles. The minimum absolute atomic E-state index is 0.0376. The van der Waals surface area contributed by atoms with E-state index in [0.717, 1.165) is 24.2 Å². The van der Waals surface area contributed by atoms with Crippen molar-refractivity contribution in [2.24, 2.45) is 0 Å². The molecule has 0 radical (unpaired) electrons. The average Bonchev–Trinajstić information content (AvgIpc) is 2.51. The largest absolute Gasteiger partial charge is 0.326 e. The molecule has 6 heteroatoms. The number of rotatable bonds is 7. The Morgan fingerprint density at radius 2 is 1.61 bits per heavy atom. The van der Waals surface area contributed by atoms with Crippen LogP contribution in [0.25, 0.3) is 0 Å². The molecule has 2 aromatic carbocycles. The van der Waals surface area contributed by atoms with Crippen molar-refractivity contribution in [1.82, 2.24) is 5.32 Å². The highest BCUT2D eigenvalue weighted by Gasteiger charge is 2.03. The van der Waals surface area contributed by atoms with Gasteiger partial charge in [-0.1, -0.05) is 40.9 Å². The zero-order valence-electron chi connectivity index (χ0n) is 12.4. The molecular weight excluding hydrogens is 355 g/mol. The number of hydrogen-bond donors (Lipinski definition) is 2. The van der Waals surface area contributed by atoms with Crippen LogP contribution in [0.3, 0.4) is 0 Å². The molecule has 2 rings (SSSR count). The van der Waals surface area contributed by atoms with Gasteiger partial charge < -0.3 is 10.6 Å². The molecular formula is C17H17Cl3N2O. The summed E-state index contributed by atoms with van der Waals surface area (Å²) in [6.07, 6.45) is 1.19. The van der Waals surface area contributed by atoms with Gasteiger partial charge in [0.2, 0.25) is 5.91 Å². The fourth-order valence-electron chi connectivity index (χ4n) is 2.03. The maximum absolute atomic E-state index is 11.8. The Morgan fingerprint density at radius 1 is 0.913 bits per heavy atom. The smallest absolute Gasteiger partial charge is 0.225 e. The third kappa shape index (κ3) is 6.40. The van der Waals surface area contributed by atoms with Crippen LogP contribution < -0.4 is 10.6 Å². The SMILES string of the molecule is O=C(CCNCCc1ccc(Cl)cc1Cl)Nc1ccc(Cl)cc1. The zero-order valence-corrected chi connectivity index (χ0v) is 14.7. The number of hydrogen-bond acceptors (Lipinski definition) is 2. The van der Waals surface area contributed by atoms with Crippen molar-refractivity contribution < 1.29 is 4.79 Å². The summed E-state index contributed by atoms with van der Waals surface area (Å²) < 4.78 is 0. The van der Waals surface area contributed by atoms with Gasteiger partial charge in [-0.2, -0.15) is 0 Å². The second kappa shape index (κ2) is 9.14. The summed E-state index contributed by atoms with van der Waals surface area (Å²) in [5, 5.41) is 7.99. The highest BCUT2D eigenvalue weighted by Crippen LogP contribution is 2.21. The van der Waals surface area contributed by atoms with Crippen LogP contribution in [0.5, 0.6) is 0 Å². The van der Waals surface area contributed by atoms with Gasteiger partial charge in [-0.15, -0.1) is 0 Å². The summed E-state index contributed by atoms with van der Waals surface area (Å²) in [4.78, 5) is 11.8. The van der Waals surface area contributed by atoms with E-state index in [2.05, 4.69) is 10.6 Å². The van der Waals surface area contributed by atoms with E-state index in [0.29, 0.717) is 28.0 Å². The molecule has 0 atom stereocenters. The molecule has 0 saturated heterocycles. The Bertz CT molecular complexity index is 659. The number of anilines is 1. The number of carbonyl (C=O) groups excluding carboxylic acids is 1. The highest BCUT2D eigenvalue weighted by atomic mass is 35.5. The Morgan fingerprint density at radius 3 is 2.30 bits per heavy atom. The molecule has 0 saturated carbocycles. The topological polar surface area (TPSA) is 41.1 Å². The number of amides is 1. The van der Waals surface area contributed by atoms with Crippen LogP contribution >= 0.6 is 34.8 Å². The summed E-state index contributed by atoms with van der Waals surface area (Å²) >= 11 is 17.8. The van der Waals surface area contributed by atoms with Gasteiger partial charge in [0.25, 0.3) is 0 Å². The van der Waals surface area contributed by atoms with Gasteiger partial charge in [-0.25, -0.2) is 0 Å². The lowest BCUT2D eigenvalue weighted by atomic mass is 10.1. The maximum Gasteiger partial charge on any atom is 0.225 e. The lowest BCUT2D eigenvalue weighted by molar-refractivity contribution is -0.116. The van der Waals surface area contributed by atoms with Crippen molar-refractivity contribution in [1.29, 1.82) is 0 Å². The summed E-state index contributed by atoms with van der Waals surface area (Å²) in [6, 6.07) is 12.5. The van der Waals surface area contributed by atoms with Gasteiger partial charge in [0.1, 0.15) is 0 Å². The minimum atomic E-state index is -0.0376. The second-order valence-corrected chi connectivity index (χ2v) is 6.32. The van der Waals surface area contributed by atoms with Crippen LogP contribution in [0.2, 0.25) is 15.1 Å². The van der Waals surface area contributed by atoms with Crippen LogP contribution in [0.15, 0.2) is 42.5 Å². The Kier molecular flexibility index (Phi) is 7.18. The predicted molar refractivity (Wildman–Crippen MR) is 97.7 cm³/mol. The third-order valence-corrected chi connectivity index (χ3v) is 4.08. The van der Waals surface area contributed by atoms with Crippen molar-refractivity contribution in [3.63, 3.8) is 0 Å². The van der Waals surface area contributed by atoms with Gasteiger partial charge in [0.15, 0.2) is 0 Å². The average molecular weight is 372 g/mol. The first-order valence-electron chi connectivity index (χ1n) is 7.24. The van der Waals surface area contributed by atoms with E-state index in [1.54, 1.807) is 30.3 Å². The Balaban J connectivity index is 1.65. The molecule has 2 aromatic rings. The third-order valence-electron chi connectivity index (χ3n) is 3.24. The molecule has 0 unspecified atom stereocenters. The van der Waals surface area contributed by atoms with Crippen LogP contribution in [-0.4, -0.2) is 19.0 Å². The first-order chi connectivity index (χ1) is 11.0. The molecule has 0 bridgehead atoms. The number of benzene rings is 2. The molecule has 3 nitrogen and oxygen atoms in total. The number of nitrogens with one attached hydrogen (secondary N) is 2. The monoisotopic (exact) mass is 370 g/mol. The van der Waals surface area contributed by atoms with Gasteiger partial charge in [0, 0.05) is 33.7 Å². The van der Waals surface area contributed by atoms with E-state index in [9.17, 15) is 4.79 Å². The molecule has 0 aliphatic carbocycles. The minimum Gasteiger partial charge on any atom is -0.326 e. The maximum atomic E-state index is 11.8. The molecule has 1 amide bonds. The zero-order chi connectivity index (χ0) is 16.7. The van der Waals surface area contributed by atoms with E-state index >= 15 is 0 Å². The summed E-state index contributed by atoms with van der Waals surface area (Å²) in [7, 11) is 0. The summed E-state index contributed by atoms with van der Waals surface area (Å²) in [5.74, 6) is -0.0376. The van der Waals surface area contributed by atoms with Crippen LogP contribution in [-0.2, 0) is 11.2 Å². The standard InChI is InChI=1S/C17H17Cl3N2O/c18-13-3-5-15(6-4-13)22-17(23)8-10-21-9-7-12-1-2-14(19)11-16(12)20/h1-6,11,21H,7-10H2,(H,22,23). The Hall–Kier alpha value is -1.26. The van der Waals surface area contributed by atoms with Crippen LogP contribution in [0.4, 0.5) is 5.69 Å².